The summed E-state index contributed by atoms with van der Waals surface area (Å²) in [6.07, 6.45) is 1.80. The van der Waals surface area contributed by atoms with Crippen LogP contribution >= 0.6 is 11.6 Å². The maximum atomic E-state index is 12.6. The first-order valence-electron chi connectivity index (χ1n) is 9.16. The van der Waals surface area contributed by atoms with Crippen LogP contribution in [0.4, 0.5) is 0 Å². The number of sulfonamides is 1. The van der Waals surface area contributed by atoms with Gasteiger partial charge in [-0.05, 0) is 43.0 Å². The Bertz CT molecular complexity index is 944. The number of aryl methyl sites for hydroxylation is 2. The molecule has 1 atom stereocenters. The van der Waals surface area contributed by atoms with Crippen molar-refractivity contribution in [1.82, 2.24) is 9.62 Å². The first kappa shape index (κ1) is 22.4. The molecule has 1 N–H and O–H groups in total. The molecule has 0 aromatic heterocycles. The minimum absolute atomic E-state index is 0.0479. The molecule has 0 saturated heterocycles. The molecule has 152 valence electrons. The first-order valence-corrected chi connectivity index (χ1v) is 11.4. The van der Waals surface area contributed by atoms with Crippen LogP contribution in [0.15, 0.2) is 42.5 Å². The van der Waals surface area contributed by atoms with Gasteiger partial charge in [0.25, 0.3) is 0 Å². The average molecular weight is 423 g/mol. The highest BCUT2D eigenvalue weighted by Crippen LogP contribution is 2.22. The largest absolute Gasteiger partial charge is 0.348 e. The smallest absolute Gasteiger partial charge is 0.235 e. The van der Waals surface area contributed by atoms with Crippen molar-refractivity contribution in [3.8, 4) is 0 Å². The number of hydrogen-bond donors (Lipinski definition) is 1. The van der Waals surface area contributed by atoms with Crippen molar-refractivity contribution in [3.63, 3.8) is 0 Å². The van der Waals surface area contributed by atoms with Crippen LogP contribution in [-0.4, -0.2) is 31.4 Å². The average Bonchev–Trinajstić information content (AvgIpc) is 2.60. The summed E-state index contributed by atoms with van der Waals surface area (Å²) in [6, 6.07) is 12.9. The van der Waals surface area contributed by atoms with E-state index in [-0.39, 0.29) is 25.0 Å². The van der Waals surface area contributed by atoms with Crippen LogP contribution < -0.4 is 5.32 Å². The zero-order chi connectivity index (χ0) is 20.9. The number of halogens is 1. The third-order valence-electron chi connectivity index (χ3n) is 4.64. The maximum Gasteiger partial charge on any atom is 0.235 e. The van der Waals surface area contributed by atoms with E-state index in [0.717, 1.165) is 27.3 Å². The van der Waals surface area contributed by atoms with Crippen LogP contribution in [0.3, 0.4) is 0 Å². The molecule has 7 heteroatoms. The van der Waals surface area contributed by atoms with Gasteiger partial charge in [-0.15, -0.1) is 0 Å². The molecule has 2 aromatic carbocycles. The third-order valence-corrected chi connectivity index (χ3v) is 6.20. The van der Waals surface area contributed by atoms with Gasteiger partial charge in [-0.25, -0.2) is 8.42 Å². The van der Waals surface area contributed by atoms with E-state index in [9.17, 15) is 13.2 Å². The topological polar surface area (TPSA) is 66.5 Å². The van der Waals surface area contributed by atoms with E-state index in [1.165, 1.54) is 0 Å². The van der Waals surface area contributed by atoms with Crippen molar-refractivity contribution < 1.29 is 13.2 Å². The van der Waals surface area contributed by atoms with E-state index in [4.69, 9.17) is 11.6 Å². The number of carbonyl (C=O) groups excluding carboxylic acids is 1. The lowest BCUT2D eigenvalue weighted by Crippen LogP contribution is -2.41. The molecule has 0 aliphatic rings. The van der Waals surface area contributed by atoms with E-state index in [1.807, 2.05) is 32.9 Å². The minimum Gasteiger partial charge on any atom is -0.348 e. The van der Waals surface area contributed by atoms with Crippen LogP contribution in [0.25, 0.3) is 0 Å². The lowest BCUT2D eigenvalue weighted by Gasteiger charge is -2.24. The van der Waals surface area contributed by atoms with Crippen molar-refractivity contribution in [3.05, 3.63) is 69.7 Å². The number of nitrogens with zero attached hydrogens (tertiary/aromatic N) is 1. The molecule has 0 aliphatic heterocycles. The van der Waals surface area contributed by atoms with Gasteiger partial charge in [0.1, 0.15) is 0 Å². The Labute approximate surface area is 172 Å². The van der Waals surface area contributed by atoms with E-state index < -0.39 is 10.0 Å². The van der Waals surface area contributed by atoms with Crippen LogP contribution in [0, 0.1) is 13.8 Å². The highest BCUT2D eigenvalue weighted by Gasteiger charge is 2.23. The number of rotatable bonds is 8. The van der Waals surface area contributed by atoms with Crippen molar-refractivity contribution in [2.24, 2.45) is 0 Å². The Balaban J connectivity index is 2.15. The Hall–Kier alpha value is -1.89. The molecule has 0 heterocycles. The molecule has 0 saturated carbocycles. The van der Waals surface area contributed by atoms with Crippen molar-refractivity contribution in [2.45, 2.75) is 39.8 Å². The quantitative estimate of drug-likeness (QED) is 0.699. The lowest BCUT2D eigenvalue weighted by molar-refractivity contribution is -0.122. The zero-order valence-corrected chi connectivity index (χ0v) is 18.3. The Morgan fingerprint density at radius 1 is 1.18 bits per heavy atom. The van der Waals surface area contributed by atoms with Gasteiger partial charge in [-0.1, -0.05) is 60.5 Å². The van der Waals surface area contributed by atoms with E-state index >= 15 is 0 Å². The van der Waals surface area contributed by atoms with E-state index in [1.54, 1.807) is 24.3 Å². The van der Waals surface area contributed by atoms with E-state index in [2.05, 4.69) is 11.4 Å². The standard InChI is InChI=1S/C21H27ClN2O3S/c1-5-20(18-11-10-15(2)12-16(18)3)23-21(25)14-24(28(4,26)27)13-17-8-6-7-9-19(17)22/h6-12,20H,5,13-14H2,1-4H3,(H,23,25)/t20-/m1/s1. The van der Waals surface area contributed by atoms with Crippen molar-refractivity contribution in [2.75, 3.05) is 12.8 Å². The van der Waals surface area contributed by atoms with Crippen LogP contribution in [0.2, 0.25) is 5.02 Å². The summed E-state index contributed by atoms with van der Waals surface area (Å²) >= 11 is 6.15. The summed E-state index contributed by atoms with van der Waals surface area (Å²) in [7, 11) is -3.58. The lowest BCUT2D eigenvalue weighted by atomic mass is 9.97. The number of nitrogens with one attached hydrogen (secondary N) is 1. The predicted octanol–water partition coefficient (Wildman–Crippen LogP) is 3.99. The molecular weight excluding hydrogens is 396 g/mol. The van der Waals surface area contributed by atoms with Gasteiger partial charge >= 0.3 is 0 Å². The van der Waals surface area contributed by atoms with Gasteiger partial charge in [0.15, 0.2) is 0 Å². The van der Waals surface area contributed by atoms with Gasteiger partial charge in [-0.3, -0.25) is 4.79 Å². The second-order valence-corrected chi connectivity index (χ2v) is 9.40. The fourth-order valence-electron chi connectivity index (χ4n) is 3.12. The molecule has 5 nitrogen and oxygen atoms in total. The molecule has 0 unspecified atom stereocenters. The second-order valence-electron chi connectivity index (χ2n) is 7.01. The van der Waals surface area contributed by atoms with Crippen LogP contribution in [0.1, 0.15) is 41.6 Å². The molecule has 0 fully saturated rings. The summed E-state index contributed by atoms with van der Waals surface area (Å²) in [4.78, 5) is 12.6. The van der Waals surface area contributed by atoms with Crippen molar-refractivity contribution >= 4 is 27.5 Å². The Morgan fingerprint density at radius 2 is 1.86 bits per heavy atom. The Kier molecular flexibility index (Phi) is 7.63. The summed E-state index contributed by atoms with van der Waals surface area (Å²) in [6.45, 7) is 5.81. The molecule has 0 aliphatic carbocycles. The van der Waals surface area contributed by atoms with Gasteiger partial charge in [0, 0.05) is 11.6 Å². The van der Waals surface area contributed by atoms with E-state index in [0.29, 0.717) is 17.0 Å². The summed E-state index contributed by atoms with van der Waals surface area (Å²) < 4.78 is 25.5. The normalized spacial score (nSPS) is 12.8. The zero-order valence-electron chi connectivity index (χ0n) is 16.7. The maximum absolute atomic E-state index is 12.6. The number of hydrogen-bond acceptors (Lipinski definition) is 3. The summed E-state index contributed by atoms with van der Waals surface area (Å²) in [5, 5.41) is 3.44. The number of benzene rings is 2. The molecule has 0 radical (unpaired) electrons. The SMILES string of the molecule is CC[C@@H](NC(=O)CN(Cc1ccccc1Cl)S(C)(=O)=O)c1ccc(C)cc1C. The van der Waals surface area contributed by atoms with Crippen LogP contribution in [0.5, 0.6) is 0 Å². The molecule has 0 spiro atoms. The number of carbonyl (C=O) groups is 1. The Morgan fingerprint density at radius 3 is 2.43 bits per heavy atom. The van der Waals surface area contributed by atoms with Gasteiger partial charge in [0.05, 0.1) is 18.8 Å². The molecule has 2 rings (SSSR count). The monoisotopic (exact) mass is 422 g/mol. The van der Waals surface area contributed by atoms with Gasteiger partial charge in [0.2, 0.25) is 15.9 Å². The third kappa shape index (κ3) is 6.06. The molecule has 1 amide bonds. The first-order chi connectivity index (χ1) is 13.1. The molecular formula is C21H27ClN2O3S. The highest BCUT2D eigenvalue weighted by molar-refractivity contribution is 7.88. The fraction of sp³-hybridized carbons (Fsp3) is 0.381. The second kappa shape index (κ2) is 9.54. The molecule has 0 bridgehead atoms. The van der Waals surface area contributed by atoms with Crippen molar-refractivity contribution in [1.29, 1.82) is 0 Å². The van der Waals surface area contributed by atoms with Crippen LogP contribution in [-0.2, 0) is 21.4 Å². The molecule has 28 heavy (non-hydrogen) atoms. The fourth-order valence-corrected chi connectivity index (χ4v) is 4.04. The summed E-state index contributed by atoms with van der Waals surface area (Å²) in [5.74, 6) is -0.343. The van der Waals surface area contributed by atoms with Gasteiger partial charge in [-0.2, -0.15) is 4.31 Å². The predicted molar refractivity (Wildman–Crippen MR) is 114 cm³/mol. The number of amides is 1. The highest BCUT2D eigenvalue weighted by atomic mass is 35.5. The van der Waals surface area contributed by atoms with Gasteiger partial charge < -0.3 is 5.32 Å². The molecule has 2 aromatic rings. The minimum atomic E-state index is -3.58. The summed E-state index contributed by atoms with van der Waals surface area (Å²) in [5.41, 5.74) is 3.95.